The van der Waals surface area contributed by atoms with Crippen LogP contribution >= 0.6 is 0 Å². The molecule has 0 radical (unpaired) electrons. The molecule has 0 N–H and O–H groups in total. The number of nitriles is 1. The van der Waals surface area contributed by atoms with Crippen molar-refractivity contribution in [1.29, 1.82) is 5.26 Å². The zero-order valence-corrected chi connectivity index (χ0v) is 22.0. The molecule has 5 rings (SSSR count). The first-order valence-electron chi connectivity index (χ1n) is 12.7. The Morgan fingerprint density at radius 1 is 1.11 bits per heavy atom. The zero-order chi connectivity index (χ0) is 26.8. The summed E-state index contributed by atoms with van der Waals surface area (Å²) in [6.07, 6.45) is 3.56. The highest BCUT2D eigenvalue weighted by Gasteiger charge is 2.18. The highest BCUT2D eigenvalue weighted by Crippen LogP contribution is 2.34. The number of para-hydroxylation sites is 2. The van der Waals surface area contributed by atoms with Crippen LogP contribution in [0.2, 0.25) is 0 Å². The van der Waals surface area contributed by atoms with Gasteiger partial charge in [-0.05, 0) is 61.2 Å². The molecule has 0 amide bonds. The summed E-state index contributed by atoms with van der Waals surface area (Å²) in [6, 6.07) is 21.4. The molecule has 2 heterocycles. The van der Waals surface area contributed by atoms with Crippen molar-refractivity contribution in [3.8, 4) is 23.2 Å². The Bertz CT molecular complexity index is 1790. The van der Waals surface area contributed by atoms with E-state index in [2.05, 4.69) is 31.1 Å². The average Bonchev–Trinajstić information content (AvgIpc) is 3.26. The van der Waals surface area contributed by atoms with Gasteiger partial charge in [-0.15, -0.1) is 0 Å². The molecular weight excluding hydrogens is 474 g/mol. The van der Waals surface area contributed by atoms with Crippen LogP contribution in [0.3, 0.4) is 0 Å². The van der Waals surface area contributed by atoms with Crippen LogP contribution in [0.25, 0.3) is 33.2 Å². The van der Waals surface area contributed by atoms with E-state index in [1.807, 2.05) is 73.1 Å². The summed E-state index contributed by atoms with van der Waals surface area (Å²) in [5, 5.41) is 15.4. The van der Waals surface area contributed by atoms with Gasteiger partial charge in [-0.3, -0.25) is 4.79 Å². The van der Waals surface area contributed by atoms with Gasteiger partial charge < -0.3 is 9.30 Å². The summed E-state index contributed by atoms with van der Waals surface area (Å²) in [5.74, 6) is 1.52. The Balaban J connectivity index is 1.75. The smallest absolute Gasteiger partial charge is 0.282 e. The second-order valence-corrected chi connectivity index (χ2v) is 9.49. The number of aromatic nitrogens is 3. The maximum atomic E-state index is 13.8. The van der Waals surface area contributed by atoms with Crippen molar-refractivity contribution < 1.29 is 4.74 Å². The molecule has 190 valence electrons. The van der Waals surface area contributed by atoms with Gasteiger partial charge in [-0.2, -0.15) is 15.0 Å². The van der Waals surface area contributed by atoms with Crippen molar-refractivity contribution >= 4 is 28.0 Å². The van der Waals surface area contributed by atoms with E-state index in [4.69, 9.17) is 9.72 Å². The summed E-state index contributed by atoms with van der Waals surface area (Å²) >= 11 is 0. The number of nitrogens with zero attached hydrogens (tertiary/aromatic N) is 5. The Hall–Kier alpha value is -4.70. The number of hydrogen-bond donors (Lipinski definition) is 0. The Kier molecular flexibility index (Phi) is 6.80. The Morgan fingerprint density at radius 2 is 1.84 bits per heavy atom. The van der Waals surface area contributed by atoms with E-state index < -0.39 is 0 Å². The van der Waals surface area contributed by atoms with Crippen LogP contribution in [0.5, 0.6) is 5.75 Å². The standard InChI is InChI=1S/C31H29N5O2/c1-5-38-29-16-21(4)26(17-25(29)20(2)3)30-34-27-12-8-6-11-24(27)31(37)36(30)33-18-22-19-35(15-14-32)28-13-9-7-10-23(22)28/h6-13,16-20H,5,15H2,1-4H3. The van der Waals surface area contributed by atoms with Gasteiger partial charge in [0.1, 0.15) is 12.3 Å². The number of benzene rings is 3. The quantitative estimate of drug-likeness (QED) is 0.246. The van der Waals surface area contributed by atoms with Crippen molar-refractivity contribution in [3.63, 3.8) is 0 Å². The summed E-state index contributed by atoms with van der Waals surface area (Å²) in [6.45, 7) is 8.99. The van der Waals surface area contributed by atoms with E-state index in [1.54, 1.807) is 12.3 Å². The van der Waals surface area contributed by atoms with Crippen molar-refractivity contribution in [2.24, 2.45) is 5.10 Å². The third-order valence-corrected chi connectivity index (χ3v) is 6.65. The summed E-state index contributed by atoms with van der Waals surface area (Å²) in [5.41, 5.74) is 4.92. The van der Waals surface area contributed by atoms with E-state index in [1.165, 1.54) is 4.68 Å². The lowest BCUT2D eigenvalue weighted by atomic mass is 9.96. The molecule has 7 nitrogen and oxygen atoms in total. The van der Waals surface area contributed by atoms with Crippen LogP contribution < -0.4 is 10.3 Å². The van der Waals surface area contributed by atoms with Gasteiger partial charge >= 0.3 is 0 Å². The predicted octanol–water partition coefficient (Wildman–Crippen LogP) is 6.25. The second kappa shape index (κ2) is 10.3. The normalized spacial score (nSPS) is 11.6. The molecule has 0 aliphatic carbocycles. The molecule has 2 aromatic heterocycles. The lowest BCUT2D eigenvalue weighted by Gasteiger charge is -2.18. The summed E-state index contributed by atoms with van der Waals surface area (Å²) in [7, 11) is 0. The molecule has 0 saturated carbocycles. The topological polar surface area (TPSA) is 85.2 Å². The van der Waals surface area contributed by atoms with Gasteiger partial charge in [0.15, 0.2) is 5.82 Å². The number of aryl methyl sites for hydroxylation is 1. The predicted molar refractivity (Wildman–Crippen MR) is 152 cm³/mol. The fraction of sp³-hybridized carbons (Fsp3) is 0.226. The minimum absolute atomic E-state index is 0.214. The minimum Gasteiger partial charge on any atom is -0.494 e. The van der Waals surface area contributed by atoms with Crippen LogP contribution in [0.15, 0.2) is 76.8 Å². The largest absolute Gasteiger partial charge is 0.494 e. The van der Waals surface area contributed by atoms with E-state index in [9.17, 15) is 10.1 Å². The summed E-state index contributed by atoms with van der Waals surface area (Å²) < 4.78 is 9.18. The first kappa shape index (κ1) is 25.0. The first-order valence-corrected chi connectivity index (χ1v) is 12.7. The maximum absolute atomic E-state index is 13.8. The van der Waals surface area contributed by atoms with E-state index >= 15 is 0 Å². The SMILES string of the molecule is CCOc1cc(C)c(-c2nc3ccccc3c(=O)n2N=Cc2cn(CC#N)c3ccccc23)cc1C(C)C. The highest BCUT2D eigenvalue weighted by atomic mass is 16.5. The molecule has 0 unspecified atom stereocenters. The molecule has 5 aromatic rings. The van der Waals surface area contributed by atoms with Crippen LogP contribution in [0.1, 0.15) is 43.4 Å². The summed E-state index contributed by atoms with van der Waals surface area (Å²) in [4.78, 5) is 18.7. The average molecular weight is 504 g/mol. The lowest BCUT2D eigenvalue weighted by Crippen LogP contribution is -2.20. The molecule has 0 atom stereocenters. The van der Waals surface area contributed by atoms with Gasteiger partial charge in [-0.25, -0.2) is 4.98 Å². The fourth-order valence-corrected chi connectivity index (χ4v) is 4.78. The zero-order valence-electron chi connectivity index (χ0n) is 22.0. The number of ether oxygens (including phenoxy) is 1. The highest BCUT2D eigenvalue weighted by molar-refractivity contribution is 5.99. The molecule has 0 saturated heterocycles. The van der Waals surface area contributed by atoms with Gasteiger partial charge in [-0.1, -0.05) is 44.2 Å². The number of fused-ring (bicyclic) bond motifs is 2. The van der Waals surface area contributed by atoms with Gasteiger partial charge in [0.05, 0.1) is 29.8 Å². The first-order chi connectivity index (χ1) is 18.4. The fourth-order valence-electron chi connectivity index (χ4n) is 4.78. The minimum atomic E-state index is -0.248. The molecule has 0 bridgehead atoms. The van der Waals surface area contributed by atoms with Crippen molar-refractivity contribution in [1.82, 2.24) is 14.2 Å². The molecule has 0 spiro atoms. The Labute approximate surface area is 221 Å². The van der Waals surface area contributed by atoms with Crippen LogP contribution in [0, 0.1) is 18.3 Å². The lowest BCUT2D eigenvalue weighted by molar-refractivity contribution is 0.335. The van der Waals surface area contributed by atoms with Crippen molar-refractivity contribution in [2.45, 2.75) is 40.2 Å². The van der Waals surface area contributed by atoms with Crippen LogP contribution in [-0.4, -0.2) is 27.0 Å². The molecule has 3 aromatic carbocycles. The second-order valence-electron chi connectivity index (χ2n) is 9.49. The number of hydrogen-bond acceptors (Lipinski definition) is 5. The molecular formula is C31H29N5O2. The van der Waals surface area contributed by atoms with Crippen molar-refractivity contribution in [2.75, 3.05) is 6.61 Å². The third kappa shape index (κ3) is 4.46. The molecule has 7 heteroatoms. The van der Waals surface area contributed by atoms with E-state index in [-0.39, 0.29) is 18.0 Å². The van der Waals surface area contributed by atoms with Crippen LogP contribution in [0.4, 0.5) is 0 Å². The molecule has 0 aliphatic rings. The van der Waals surface area contributed by atoms with Gasteiger partial charge in [0.2, 0.25) is 0 Å². The van der Waals surface area contributed by atoms with Crippen LogP contribution in [-0.2, 0) is 6.54 Å². The molecule has 0 fully saturated rings. The molecule has 38 heavy (non-hydrogen) atoms. The number of rotatable bonds is 7. The third-order valence-electron chi connectivity index (χ3n) is 6.65. The van der Waals surface area contributed by atoms with Gasteiger partial charge in [0.25, 0.3) is 5.56 Å². The van der Waals surface area contributed by atoms with Gasteiger partial charge in [0, 0.05) is 28.2 Å². The molecule has 0 aliphatic heterocycles. The van der Waals surface area contributed by atoms with Crippen molar-refractivity contribution in [3.05, 3.63) is 93.9 Å². The van der Waals surface area contributed by atoms with E-state index in [0.717, 1.165) is 38.9 Å². The monoisotopic (exact) mass is 503 g/mol. The Morgan fingerprint density at radius 3 is 2.58 bits per heavy atom. The maximum Gasteiger partial charge on any atom is 0.282 e. The van der Waals surface area contributed by atoms with E-state index in [0.29, 0.717) is 23.3 Å².